The Morgan fingerprint density at radius 1 is 1.50 bits per heavy atom. The Bertz CT molecular complexity index is 460. The van der Waals surface area contributed by atoms with Gasteiger partial charge in [-0.3, -0.25) is 4.79 Å². The lowest BCUT2D eigenvalue weighted by Gasteiger charge is -2.35. The number of aliphatic hydroxyl groups is 3. The molecule has 0 bridgehead atoms. The average Bonchev–Trinajstić information content (AvgIpc) is 2.77. The summed E-state index contributed by atoms with van der Waals surface area (Å²) in [6.07, 6.45) is -4.70. The molecule has 1 aliphatic heterocycles. The van der Waals surface area contributed by atoms with Crippen molar-refractivity contribution in [3.63, 3.8) is 0 Å². The maximum atomic E-state index is 12.9. The van der Waals surface area contributed by atoms with Crippen LogP contribution in [0.2, 0.25) is 0 Å². The molecule has 1 aliphatic rings. The van der Waals surface area contributed by atoms with E-state index in [9.17, 15) is 24.9 Å². The molecule has 0 aliphatic carbocycles. The summed E-state index contributed by atoms with van der Waals surface area (Å²) < 4.78 is 17.5. The lowest BCUT2D eigenvalue weighted by Crippen LogP contribution is -2.65. The molecule has 5 atom stereocenters. The van der Waals surface area contributed by atoms with E-state index in [1.165, 1.54) is 0 Å². The monoisotopic (exact) mass is 320 g/mol. The third-order valence-electron chi connectivity index (χ3n) is 3.79. The molecule has 8 nitrogen and oxygen atoms in total. The standard InChI is InChI=1S/C14H25NO7/c1-7(2)5-14(15,12(20)21-4)11(19)13(3)10(18)9(17)8(6-16)22-13/h7-10,16-18H,5-6,15H2,1-4H3/t8-,9-,10-,13?,14?/m1/s1/i3D. The van der Waals surface area contributed by atoms with Gasteiger partial charge in [0.05, 0.1) is 13.7 Å². The summed E-state index contributed by atoms with van der Waals surface area (Å²) in [6, 6.07) is 0. The molecule has 0 aromatic heterocycles. The minimum Gasteiger partial charge on any atom is -0.467 e. The van der Waals surface area contributed by atoms with E-state index in [0.717, 1.165) is 7.11 Å². The Hall–Kier alpha value is -1.06. The minimum atomic E-state index is -2.20. The normalized spacial score (nSPS) is 35.1. The summed E-state index contributed by atoms with van der Waals surface area (Å²) in [7, 11) is 1.07. The van der Waals surface area contributed by atoms with E-state index in [2.05, 4.69) is 4.74 Å². The lowest BCUT2D eigenvalue weighted by molar-refractivity contribution is -0.166. The van der Waals surface area contributed by atoms with Crippen LogP contribution >= 0.6 is 0 Å². The molecule has 1 heterocycles. The maximum Gasteiger partial charge on any atom is 0.333 e. The number of ether oxygens (including phenoxy) is 2. The zero-order valence-electron chi connectivity index (χ0n) is 14.0. The quantitative estimate of drug-likeness (QED) is 0.337. The predicted octanol–water partition coefficient (Wildman–Crippen LogP) is -1.66. The first-order valence-corrected chi connectivity index (χ1v) is 6.97. The molecule has 1 fully saturated rings. The van der Waals surface area contributed by atoms with Crippen LogP contribution in [0.3, 0.4) is 0 Å². The number of rotatable bonds is 6. The van der Waals surface area contributed by atoms with Gasteiger partial charge in [-0.1, -0.05) is 13.8 Å². The number of nitrogens with two attached hydrogens (primary N) is 1. The molecule has 0 aromatic carbocycles. The molecule has 1 saturated heterocycles. The molecular weight excluding hydrogens is 294 g/mol. The van der Waals surface area contributed by atoms with Crippen molar-refractivity contribution in [2.24, 2.45) is 11.7 Å². The smallest absolute Gasteiger partial charge is 0.333 e. The summed E-state index contributed by atoms with van der Waals surface area (Å²) in [5.74, 6) is -2.22. The largest absolute Gasteiger partial charge is 0.467 e. The number of hydrogen-bond acceptors (Lipinski definition) is 8. The Morgan fingerprint density at radius 2 is 2.09 bits per heavy atom. The fraction of sp³-hybridized carbons (Fsp3) is 0.857. The number of ketones is 1. The topological polar surface area (TPSA) is 139 Å². The van der Waals surface area contributed by atoms with Gasteiger partial charge in [0.25, 0.3) is 0 Å². The highest BCUT2D eigenvalue weighted by molar-refractivity contribution is 6.12. The second-order valence-corrected chi connectivity index (χ2v) is 6.05. The first-order chi connectivity index (χ1) is 10.6. The van der Waals surface area contributed by atoms with Crippen LogP contribution in [0.4, 0.5) is 0 Å². The number of carbonyl (C=O) groups excluding carboxylic acids is 2. The highest BCUT2D eigenvalue weighted by atomic mass is 16.6. The Kier molecular flexibility index (Phi) is 5.18. The van der Waals surface area contributed by atoms with Gasteiger partial charge in [0.2, 0.25) is 0 Å². The van der Waals surface area contributed by atoms with Crippen molar-refractivity contribution in [2.75, 3.05) is 13.7 Å². The average molecular weight is 320 g/mol. The van der Waals surface area contributed by atoms with Crippen LogP contribution in [0.5, 0.6) is 0 Å². The Labute approximate surface area is 130 Å². The highest BCUT2D eigenvalue weighted by Crippen LogP contribution is 2.36. The highest BCUT2D eigenvalue weighted by Gasteiger charge is 2.61. The molecule has 22 heavy (non-hydrogen) atoms. The van der Waals surface area contributed by atoms with Crippen LogP contribution in [0.15, 0.2) is 0 Å². The first kappa shape index (κ1) is 17.3. The zero-order valence-corrected chi connectivity index (χ0v) is 13.0. The van der Waals surface area contributed by atoms with E-state index >= 15 is 0 Å². The van der Waals surface area contributed by atoms with Gasteiger partial charge in [-0.15, -0.1) is 0 Å². The number of aliphatic hydroxyl groups excluding tert-OH is 3. The van der Waals surface area contributed by atoms with Gasteiger partial charge in [0.15, 0.2) is 16.9 Å². The van der Waals surface area contributed by atoms with E-state index in [-0.39, 0.29) is 12.3 Å². The molecule has 128 valence electrons. The molecule has 0 amide bonds. The van der Waals surface area contributed by atoms with E-state index in [0.29, 0.717) is 0 Å². The van der Waals surface area contributed by atoms with Gasteiger partial charge in [0, 0.05) is 1.37 Å². The van der Waals surface area contributed by atoms with Gasteiger partial charge < -0.3 is 30.5 Å². The Morgan fingerprint density at radius 3 is 2.45 bits per heavy atom. The number of methoxy groups -OCH3 is 1. The lowest BCUT2D eigenvalue weighted by atomic mass is 9.76. The molecule has 2 unspecified atom stereocenters. The zero-order chi connectivity index (χ0) is 18.0. The molecule has 5 N–H and O–H groups in total. The maximum absolute atomic E-state index is 12.9. The van der Waals surface area contributed by atoms with E-state index < -0.39 is 54.7 Å². The second-order valence-electron chi connectivity index (χ2n) is 6.05. The number of hydrogen-bond donors (Lipinski definition) is 4. The Balaban J connectivity index is 3.32. The molecule has 0 saturated carbocycles. The molecule has 8 heteroatoms. The van der Waals surface area contributed by atoms with Gasteiger partial charge in [0.1, 0.15) is 18.3 Å². The van der Waals surface area contributed by atoms with E-state index in [1.54, 1.807) is 13.8 Å². The van der Waals surface area contributed by atoms with Crippen LogP contribution in [-0.4, -0.2) is 70.2 Å². The fourth-order valence-electron chi connectivity index (χ4n) is 2.69. The minimum absolute atomic E-state index is 0.0871. The molecule has 0 aromatic rings. The first-order valence-electron chi connectivity index (χ1n) is 7.67. The second kappa shape index (κ2) is 6.59. The van der Waals surface area contributed by atoms with Crippen molar-refractivity contribution in [3.05, 3.63) is 0 Å². The van der Waals surface area contributed by atoms with Crippen molar-refractivity contribution >= 4 is 11.8 Å². The summed E-state index contributed by atoms with van der Waals surface area (Å²) in [4.78, 5) is 25.0. The van der Waals surface area contributed by atoms with Gasteiger partial charge in [-0.2, -0.15) is 0 Å². The summed E-state index contributed by atoms with van der Waals surface area (Å²) >= 11 is 0. The van der Waals surface area contributed by atoms with Crippen molar-refractivity contribution in [1.82, 2.24) is 0 Å². The van der Waals surface area contributed by atoms with Gasteiger partial charge >= 0.3 is 5.97 Å². The molecular formula is C14H25NO7. The van der Waals surface area contributed by atoms with Crippen LogP contribution in [-0.2, 0) is 19.1 Å². The SMILES string of the molecule is [2H]CC1(C(=O)C(N)(CC(C)C)C(=O)OC)O[C@H](CO)[C@@H](O)[C@H]1O. The van der Waals surface area contributed by atoms with Crippen molar-refractivity contribution in [1.29, 1.82) is 0 Å². The van der Waals surface area contributed by atoms with Gasteiger partial charge in [-0.25, -0.2) is 4.79 Å². The molecule has 0 radical (unpaired) electrons. The van der Waals surface area contributed by atoms with Crippen LogP contribution in [0.25, 0.3) is 0 Å². The van der Waals surface area contributed by atoms with Crippen molar-refractivity contribution in [3.8, 4) is 0 Å². The molecule has 0 spiro atoms. The van der Waals surface area contributed by atoms with Gasteiger partial charge in [-0.05, 0) is 19.2 Å². The van der Waals surface area contributed by atoms with E-state index in [4.69, 9.17) is 11.8 Å². The predicted molar refractivity (Wildman–Crippen MR) is 75.8 cm³/mol. The third-order valence-corrected chi connectivity index (χ3v) is 3.79. The number of Topliss-reactive ketones (excluding diaryl/α,β-unsaturated/α-hetero) is 1. The molecule has 1 rings (SSSR count). The van der Waals surface area contributed by atoms with Crippen LogP contribution < -0.4 is 5.73 Å². The summed E-state index contributed by atoms with van der Waals surface area (Å²) in [5, 5.41) is 29.3. The van der Waals surface area contributed by atoms with Crippen LogP contribution in [0.1, 0.15) is 28.5 Å². The summed E-state index contributed by atoms with van der Waals surface area (Å²) in [5.41, 5.74) is 1.66. The van der Waals surface area contributed by atoms with Crippen molar-refractivity contribution < 1.29 is 35.8 Å². The summed E-state index contributed by atoms with van der Waals surface area (Å²) in [6.45, 7) is 2.05. The van der Waals surface area contributed by atoms with Crippen molar-refractivity contribution in [2.45, 2.75) is 56.6 Å². The number of carbonyl (C=O) groups is 2. The van der Waals surface area contributed by atoms with Crippen LogP contribution in [0, 0.1) is 5.92 Å². The third kappa shape index (κ3) is 3.02. The van der Waals surface area contributed by atoms with E-state index in [1.807, 2.05) is 0 Å². The fourth-order valence-corrected chi connectivity index (χ4v) is 2.69. The number of esters is 1.